The van der Waals surface area contributed by atoms with Crippen molar-refractivity contribution in [3.63, 3.8) is 0 Å². The molecule has 1 atom stereocenters. The van der Waals surface area contributed by atoms with Crippen LogP contribution in [0.3, 0.4) is 0 Å². The normalized spacial score (nSPS) is 14.5. The number of nitrogens with one attached hydrogen (secondary N) is 1. The molecule has 44 heavy (non-hydrogen) atoms. The number of benzene rings is 2. The molecular weight excluding hydrogens is 588 g/mol. The monoisotopic (exact) mass is 625 g/mol. The van der Waals surface area contributed by atoms with Crippen LogP contribution in [0.4, 0.5) is 14.5 Å². The molecule has 10 heteroatoms. The van der Waals surface area contributed by atoms with Gasteiger partial charge in [0, 0.05) is 36.0 Å². The maximum atomic E-state index is 15.0. The van der Waals surface area contributed by atoms with E-state index in [4.69, 9.17) is 25.4 Å². The smallest absolute Gasteiger partial charge is 0.312 e. The van der Waals surface area contributed by atoms with Crippen LogP contribution in [0, 0.1) is 12.3 Å². The highest BCUT2D eigenvalue weighted by Gasteiger charge is 2.48. The van der Waals surface area contributed by atoms with E-state index >= 15 is 8.78 Å². The zero-order valence-corrected chi connectivity index (χ0v) is 26.2. The molecule has 2 aromatic carbocycles. The SMILES string of the molecule is Cc1ccc(NC(=O)C[C@H](CCCOCc2ccccc2)c2onc(-c3cc(C(F)(F)C(C)(C)C)on3)c2C2CC2)c(Cl)c1. The molecule has 2 heterocycles. The standard InChI is InChI=1S/C34H38ClF2N3O4/c1-21-12-15-26(25(35)17-21)38-29(41)18-24(11-8-16-42-20-22-9-6-5-7-10-22)32-30(23-13-14-23)31(40-44-32)27-19-28(43-39-27)34(36,37)33(2,3)4/h5-7,9-10,12,15,17,19,23-24H,8,11,13-14,16,18,20H2,1-4H3,(H,38,41)/t24-/m0/s1. The van der Waals surface area contributed by atoms with Crippen LogP contribution in [0.1, 0.15) is 92.9 Å². The lowest BCUT2D eigenvalue weighted by Crippen LogP contribution is -2.30. The van der Waals surface area contributed by atoms with Crippen LogP contribution in [0.15, 0.2) is 63.6 Å². The van der Waals surface area contributed by atoms with Gasteiger partial charge < -0.3 is 19.1 Å². The van der Waals surface area contributed by atoms with Gasteiger partial charge in [-0.25, -0.2) is 0 Å². The lowest BCUT2D eigenvalue weighted by Gasteiger charge is -2.27. The van der Waals surface area contributed by atoms with E-state index in [0.29, 0.717) is 48.2 Å². The molecule has 1 saturated carbocycles. The third-order valence-electron chi connectivity index (χ3n) is 7.90. The van der Waals surface area contributed by atoms with Gasteiger partial charge in [0.1, 0.15) is 17.1 Å². The topological polar surface area (TPSA) is 90.4 Å². The van der Waals surface area contributed by atoms with E-state index in [1.807, 2.05) is 43.3 Å². The number of halogens is 3. The highest BCUT2D eigenvalue weighted by Crippen LogP contribution is 2.50. The average Bonchev–Trinajstić information content (AvgIpc) is 3.51. The molecule has 5 rings (SSSR count). The van der Waals surface area contributed by atoms with Crippen molar-refractivity contribution in [1.29, 1.82) is 0 Å². The van der Waals surface area contributed by atoms with Crippen LogP contribution in [0.25, 0.3) is 11.4 Å². The predicted molar refractivity (Wildman–Crippen MR) is 165 cm³/mol. The van der Waals surface area contributed by atoms with Crippen LogP contribution < -0.4 is 5.32 Å². The van der Waals surface area contributed by atoms with Crippen molar-refractivity contribution >= 4 is 23.2 Å². The molecule has 234 valence electrons. The minimum Gasteiger partial charge on any atom is -0.377 e. The van der Waals surface area contributed by atoms with Gasteiger partial charge in [-0.2, -0.15) is 8.78 Å². The number of carbonyl (C=O) groups excluding carboxylic acids is 1. The van der Waals surface area contributed by atoms with Crippen molar-refractivity contribution in [2.24, 2.45) is 5.41 Å². The number of ether oxygens (including phenoxy) is 1. The number of hydrogen-bond donors (Lipinski definition) is 1. The molecule has 1 amide bonds. The Kier molecular flexibility index (Phi) is 9.56. The van der Waals surface area contributed by atoms with Crippen LogP contribution in [0.5, 0.6) is 0 Å². The Labute approximate surface area is 261 Å². The quantitative estimate of drug-likeness (QED) is 0.149. The van der Waals surface area contributed by atoms with Gasteiger partial charge in [0.05, 0.1) is 17.3 Å². The number of nitrogens with zero attached hydrogens (tertiary/aromatic N) is 2. The zero-order chi connectivity index (χ0) is 31.5. The molecule has 1 aliphatic rings. The van der Waals surface area contributed by atoms with E-state index in [-0.39, 0.29) is 29.9 Å². The van der Waals surface area contributed by atoms with Gasteiger partial charge in [0.25, 0.3) is 0 Å². The first-order chi connectivity index (χ1) is 20.9. The van der Waals surface area contributed by atoms with Crippen molar-refractivity contribution < 1.29 is 27.4 Å². The number of aromatic nitrogens is 2. The molecule has 0 radical (unpaired) electrons. The molecule has 1 fully saturated rings. The summed E-state index contributed by atoms with van der Waals surface area (Å²) < 4.78 is 47.0. The summed E-state index contributed by atoms with van der Waals surface area (Å²) >= 11 is 6.38. The van der Waals surface area contributed by atoms with Gasteiger partial charge in [0.2, 0.25) is 11.7 Å². The van der Waals surface area contributed by atoms with E-state index in [2.05, 4.69) is 15.6 Å². The van der Waals surface area contributed by atoms with Gasteiger partial charge in [0.15, 0.2) is 0 Å². The Bertz CT molecular complexity index is 1570. The summed E-state index contributed by atoms with van der Waals surface area (Å²) in [5, 5.41) is 11.6. The third-order valence-corrected chi connectivity index (χ3v) is 8.21. The fourth-order valence-corrected chi connectivity index (χ4v) is 5.41. The lowest BCUT2D eigenvalue weighted by molar-refractivity contribution is -0.122. The molecule has 4 aromatic rings. The third kappa shape index (κ3) is 7.38. The number of aryl methyl sites for hydroxylation is 1. The zero-order valence-electron chi connectivity index (χ0n) is 25.5. The van der Waals surface area contributed by atoms with E-state index in [0.717, 1.165) is 29.5 Å². The van der Waals surface area contributed by atoms with Gasteiger partial charge >= 0.3 is 5.92 Å². The van der Waals surface area contributed by atoms with Crippen molar-refractivity contribution in [1.82, 2.24) is 10.3 Å². The molecule has 0 unspecified atom stereocenters. The molecule has 2 aromatic heterocycles. The van der Waals surface area contributed by atoms with Crippen molar-refractivity contribution in [3.8, 4) is 11.4 Å². The summed E-state index contributed by atoms with van der Waals surface area (Å²) in [5.41, 5.74) is 2.62. The number of carbonyl (C=O) groups is 1. The Morgan fingerprint density at radius 1 is 1.09 bits per heavy atom. The summed E-state index contributed by atoms with van der Waals surface area (Å²) in [6, 6.07) is 16.6. The fraction of sp³-hybridized carbons (Fsp3) is 0.441. The average molecular weight is 626 g/mol. The Hall–Kier alpha value is -3.56. The lowest BCUT2D eigenvalue weighted by atomic mass is 9.86. The molecule has 0 saturated heterocycles. The summed E-state index contributed by atoms with van der Waals surface area (Å²) in [6.07, 6.45) is 3.18. The molecular formula is C34H38ClF2N3O4. The van der Waals surface area contributed by atoms with E-state index in [9.17, 15) is 4.79 Å². The highest BCUT2D eigenvalue weighted by atomic mass is 35.5. The van der Waals surface area contributed by atoms with Crippen molar-refractivity contribution in [2.75, 3.05) is 11.9 Å². The van der Waals surface area contributed by atoms with E-state index in [1.54, 1.807) is 12.1 Å². The molecule has 0 bridgehead atoms. The first-order valence-electron chi connectivity index (χ1n) is 15.0. The number of alkyl halides is 2. The van der Waals surface area contributed by atoms with Crippen LogP contribution in [-0.2, 0) is 22.1 Å². The fourth-order valence-electron chi connectivity index (χ4n) is 5.13. The summed E-state index contributed by atoms with van der Waals surface area (Å²) in [5.74, 6) is -3.60. The molecule has 1 aliphatic carbocycles. The Morgan fingerprint density at radius 2 is 1.84 bits per heavy atom. The highest BCUT2D eigenvalue weighted by molar-refractivity contribution is 6.33. The van der Waals surface area contributed by atoms with Crippen molar-refractivity contribution in [3.05, 3.63) is 87.8 Å². The minimum atomic E-state index is -3.23. The first kappa shape index (κ1) is 31.9. The van der Waals surface area contributed by atoms with Crippen LogP contribution >= 0.6 is 11.6 Å². The van der Waals surface area contributed by atoms with Crippen molar-refractivity contribution in [2.45, 2.75) is 84.2 Å². The summed E-state index contributed by atoms with van der Waals surface area (Å²) in [6.45, 7) is 7.25. The number of anilines is 1. The largest absolute Gasteiger partial charge is 0.377 e. The Balaban J connectivity index is 1.38. The maximum Gasteiger partial charge on any atom is 0.312 e. The molecule has 1 N–H and O–H groups in total. The molecule has 0 aliphatic heterocycles. The number of rotatable bonds is 13. The number of hydrogen-bond acceptors (Lipinski definition) is 6. The maximum absolute atomic E-state index is 15.0. The van der Waals surface area contributed by atoms with Gasteiger partial charge in [-0.1, -0.05) is 79.1 Å². The second-order valence-electron chi connectivity index (χ2n) is 12.6. The van der Waals surface area contributed by atoms with Gasteiger partial charge in [-0.15, -0.1) is 0 Å². The van der Waals surface area contributed by atoms with Gasteiger partial charge in [-0.05, 0) is 61.8 Å². The summed E-state index contributed by atoms with van der Waals surface area (Å²) in [4.78, 5) is 13.3. The summed E-state index contributed by atoms with van der Waals surface area (Å²) in [7, 11) is 0. The van der Waals surface area contributed by atoms with Crippen LogP contribution in [0.2, 0.25) is 5.02 Å². The Morgan fingerprint density at radius 3 is 2.52 bits per heavy atom. The van der Waals surface area contributed by atoms with E-state index in [1.165, 1.54) is 26.8 Å². The predicted octanol–water partition coefficient (Wildman–Crippen LogP) is 9.42. The second-order valence-corrected chi connectivity index (χ2v) is 13.0. The number of amides is 1. The first-order valence-corrected chi connectivity index (χ1v) is 15.3. The van der Waals surface area contributed by atoms with Crippen LogP contribution in [-0.4, -0.2) is 22.8 Å². The minimum absolute atomic E-state index is 0.114. The van der Waals surface area contributed by atoms with Gasteiger partial charge in [-0.3, -0.25) is 4.79 Å². The second kappa shape index (κ2) is 13.2. The molecule has 7 nitrogen and oxygen atoms in total. The van der Waals surface area contributed by atoms with E-state index < -0.39 is 17.1 Å². The molecule has 0 spiro atoms.